The molecule has 2 rings (SSSR count). The van der Waals surface area contributed by atoms with E-state index in [0.717, 1.165) is 25.0 Å². The fourth-order valence-electron chi connectivity index (χ4n) is 1.74. The summed E-state index contributed by atoms with van der Waals surface area (Å²) in [5.74, 6) is 1.75. The van der Waals surface area contributed by atoms with Crippen LogP contribution in [0.5, 0.6) is 0 Å². The molecule has 18 heavy (non-hydrogen) atoms. The molecule has 1 saturated carbocycles. The molecule has 1 aromatic rings. The molecule has 2 N–H and O–H groups in total. The molecule has 2 atom stereocenters. The Morgan fingerprint density at radius 1 is 1.56 bits per heavy atom. The molecule has 0 saturated heterocycles. The van der Waals surface area contributed by atoms with Gasteiger partial charge in [0.1, 0.15) is 0 Å². The van der Waals surface area contributed by atoms with E-state index >= 15 is 0 Å². The number of aliphatic imine (C=N–C) groups is 1. The van der Waals surface area contributed by atoms with Crippen molar-refractivity contribution < 1.29 is 0 Å². The monoisotopic (exact) mass is 379 g/mol. The number of nitrogens with one attached hydrogen (secondary N) is 2. The van der Waals surface area contributed by atoms with Gasteiger partial charge >= 0.3 is 0 Å². The van der Waals surface area contributed by atoms with Crippen LogP contribution in [0.2, 0.25) is 0 Å². The van der Waals surface area contributed by atoms with Crippen molar-refractivity contribution in [2.24, 2.45) is 10.9 Å². The second-order valence-corrected chi connectivity index (χ2v) is 5.69. The van der Waals surface area contributed by atoms with Gasteiger partial charge in [-0.3, -0.25) is 0 Å². The molecular weight excluding hydrogens is 357 g/mol. The van der Waals surface area contributed by atoms with Crippen LogP contribution in [0.1, 0.15) is 30.7 Å². The van der Waals surface area contributed by atoms with Gasteiger partial charge in [0.2, 0.25) is 0 Å². The van der Waals surface area contributed by atoms with Gasteiger partial charge in [-0.1, -0.05) is 6.92 Å². The molecule has 0 radical (unpaired) electrons. The van der Waals surface area contributed by atoms with Crippen molar-refractivity contribution in [2.75, 3.05) is 6.54 Å². The highest BCUT2D eigenvalue weighted by Crippen LogP contribution is 2.28. The largest absolute Gasteiger partial charge is 0.357 e. The molecule has 0 bridgehead atoms. The number of rotatable bonds is 4. The van der Waals surface area contributed by atoms with Crippen LogP contribution in [0.25, 0.3) is 0 Å². The molecule has 1 aromatic heterocycles. The van der Waals surface area contributed by atoms with Gasteiger partial charge in [-0.05, 0) is 43.2 Å². The summed E-state index contributed by atoms with van der Waals surface area (Å²) in [6.45, 7) is 8.20. The van der Waals surface area contributed by atoms with Gasteiger partial charge in [-0.15, -0.1) is 35.3 Å². The molecular formula is C13H22IN3S. The Labute approximate surface area is 130 Å². The Hall–Kier alpha value is -0.300. The number of hydrogen-bond acceptors (Lipinski definition) is 2. The zero-order valence-corrected chi connectivity index (χ0v) is 14.3. The average molecular weight is 379 g/mol. The maximum absolute atomic E-state index is 4.64. The molecule has 1 fully saturated rings. The van der Waals surface area contributed by atoms with E-state index in [9.17, 15) is 0 Å². The summed E-state index contributed by atoms with van der Waals surface area (Å²) >= 11 is 1.78. The number of hydrogen-bond donors (Lipinski definition) is 2. The summed E-state index contributed by atoms with van der Waals surface area (Å²) in [5, 5.41) is 8.90. The van der Waals surface area contributed by atoms with Crippen molar-refractivity contribution >= 4 is 41.3 Å². The molecule has 1 aliphatic carbocycles. The molecule has 5 heteroatoms. The van der Waals surface area contributed by atoms with E-state index in [2.05, 4.69) is 47.8 Å². The van der Waals surface area contributed by atoms with Crippen molar-refractivity contribution in [2.45, 2.75) is 39.8 Å². The van der Waals surface area contributed by atoms with E-state index in [1.807, 2.05) is 0 Å². The number of nitrogens with zero attached hydrogens (tertiary/aromatic N) is 1. The predicted octanol–water partition coefficient (Wildman–Crippen LogP) is 3.14. The SMILES string of the molecule is CCNC(=NCc1sccc1C)NC1CC1C.I. The maximum Gasteiger partial charge on any atom is 0.191 e. The molecule has 102 valence electrons. The Morgan fingerprint density at radius 3 is 2.78 bits per heavy atom. The van der Waals surface area contributed by atoms with Crippen LogP contribution in [0.4, 0.5) is 0 Å². The van der Waals surface area contributed by atoms with Gasteiger partial charge in [0.15, 0.2) is 5.96 Å². The standard InChI is InChI=1S/C13H21N3S.HI/c1-4-14-13(16-11-7-10(11)3)15-8-12-9(2)5-6-17-12;/h5-6,10-11H,4,7-8H2,1-3H3,(H2,14,15,16);1H. The number of halogens is 1. The van der Waals surface area contributed by atoms with Crippen molar-refractivity contribution in [1.82, 2.24) is 10.6 Å². The van der Waals surface area contributed by atoms with Crippen LogP contribution >= 0.6 is 35.3 Å². The molecule has 0 amide bonds. The molecule has 0 aliphatic heterocycles. The quantitative estimate of drug-likeness (QED) is 0.479. The zero-order valence-electron chi connectivity index (χ0n) is 11.2. The Balaban J connectivity index is 0.00000162. The Morgan fingerprint density at radius 2 is 2.28 bits per heavy atom. The molecule has 1 heterocycles. The molecule has 1 aliphatic rings. The summed E-state index contributed by atoms with van der Waals surface area (Å²) in [7, 11) is 0. The van der Waals surface area contributed by atoms with Crippen LogP contribution in [0, 0.1) is 12.8 Å². The first-order valence-corrected chi connectivity index (χ1v) is 7.16. The van der Waals surface area contributed by atoms with E-state index in [0.29, 0.717) is 6.04 Å². The predicted molar refractivity (Wildman–Crippen MR) is 90.0 cm³/mol. The minimum Gasteiger partial charge on any atom is -0.357 e. The lowest BCUT2D eigenvalue weighted by Crippen LogP contribution is -2.39. The molecule has 3 nitrogen and oxygen atoms in total. The van der Waals surface area contributed by atoms with E-state index in [-0.39, 0.29) is 24.0 Å². The Bertz CT molecular complexity index is 403. The fraction of sp³-hybridized carbons (Fsp3) is 0.615. The van der Waals surface area contributed by atoms with Crippen LogP contribution < -0.4 is 10.6 Å². The third-order valence-corrected chi connectivity index (χ3v) is 4.13. The second-order valence-electron chi connectivity index (χ2n) is 4.69. The third-order valence-electron chi connectivity index (χ3n) is 3.12. The topological polar surface area (TPSA) is 36.4 Å². The smallest absolute Gasteiger partial charge is 0.191 e. The minimum atomic E-state index is 0. The highest BCUT2D eigenvalue weighted by Gasteiger charge is 2.33. The summed E-state index contributed by atoms with van der Waals surface area (Å²) < 4.78 is 0. The fourth-order valence-corrected chi connectivity index (χ4v) is 2.57. The lowest BCUT2D eigenvalue weighted by Gasteiger charge is -2.10. The first-order valence-electron chi connectivity index (χ1n) is 6.28. The van der Waals surface area contributed by atoms with Crippen LogP contribution in [-0.4, -0.2) is 18.5 Å². The van der Waals surface area contributed by atoms with Gasteiger partial charge in [-0.25, -0.2) is 4.99 Å². The highest BCUT2D eigenvalue weighted by molar-refractivity contribution is 14.0. The lowest BCUT2D eigenvalue weighted by atomic mass is 10.3. The van der Waals surface area contributed by atoms with Gasteiger partial charge < -0.3 is 10.6 Å². The van der Waals surface area contributed by atoms with E-state index < -0.39 is 0 Å². The van der Waals surface area contributed by atoms with Gasteiger partial charge in [0.25, 0.3) is 0 Å². The van der Waals surface area contributed by atoms with Gasteiger partial charge in [-0.2, -0.15) is 0 Å². The summed E-state index contributed by atoms with van der Waals surface area (Å²) in [4.78, 5) is 5.99. The Kier molecular flexibility index (Phi) is 6.42. The number of thiophene rings is 1. The third kappa shape index (κ3) is 4.42. The summed E-state index contributed by atoms with van der Waals surface area (Å²) in [6.07, 6.45) is 1.27. The second kappa shape index (κ2) is 7.33. The van der Waals surface area contributed by atoms with E-state index in [4.69, 9.17) is 0 Å². The van der Waals surface area contributed by atoms with Crippen molar-refractivity contribution in [3.63, 3.8) is 0 Å². The van der Waals surface area contributed by atoms with Crippen molar-refractivity contribution in [3.05, 3.63) is 21.9 Å². The average Bonchev–Trinajstić information content (AvgIpc) is 2.83. The molecule has 2 unspecified atom stereocenters. The summed E-state index contributed by atoms with van der Waals surface area (Å²) in [5.41, 5.74) is 1.34. The first-order chi connectivity index (χ1) is 8.20. The lowest BCUT2D eigenvalue weighted by molar-refractivity contribution is 0.767. The minimum absolute atomic E-state index is 0. The van der Waals surface area contributed by atoms with Crippen LogP contribution in [0.3, 0.4) is 0 Å². The van der Waals surface area contributed by atoms with Gasteiger partial charge in [0, 0.05) is 17.5 Å². The maximum atomic E-state index is 4.64. The normalized spacial score (nSPS) is 22.3. The number of guanidine groups is 1. The van der Waals surface area contributed by atoms with Crippen molar-refractivity contribution in [1.29, 1.82) is 0 Å². The van der Waals surface area contributed by atoms with Crippen LogP contribution in [-0.2, 0) is 6.54 Å². The van der Waals surface area contributed by atoms with Crippen LogP contribution in [0.15, 0.2) is 16.4 Å². The molecule has 0 aromatic carbocycles. The van der Waals surface area contributed by atoms with E-state index in [1.54, 1.807) is 11.3 Å². The van der Waals surface area contributed by atoms with Crippen molar-refractivity contribution in [3.8, 4) is 0 Å². The number of aryl methyl sites for hydroxylation is 1. The van der Waals surface area contributed by atoms with Gasteiger partial charge in [0.05, 0.1) is 6.54 Å². The van der Waals surface area contributed by atoms with E-state index in [1.165, 1.54) is 16.9 Å². The zero-order chi connectivity index (χ0) is 12.3. The summed E-state index contributed by atoms with van der Waals surface area (Å²) in [6, 6.07) is 2.77. The highest BCUT2D eigenvalue weighted by atomic mass is 127. The first kappa shape index (κ1) is 15.8. The molecule has 0 spiro atoms.